The van der Waals surface area contributed by atoms with Crippen molar-refractivity contribution in [2.24, 2.45) is 0 Å². The van der Waals surface area contributed by atoms with Crippen LogP contribution in [-0.4, -0.2) is 23.3 Å². The maximum Gasteiger partial charge on any atom is 0.261 e. The molecule has 1 aromatic heterocycles. The van der Waals surface area contributed by atoms with E-state index < -0.39 is 0 Å². The predicted molar refractivity (Wildman–Crippen MR) is 78.1 cm³/mol. The van der Waals surface area contributed by atoms with Crippen LogP contribution in [0.5, 0.6) is 0 Å². The van der Waals surface area contributed by atoms with Gasteiger partial charge in [-0.3, -0.25) is 14.5 Å². The van der Waals surface area contributed by atoms with Crippen LogP contribution in [0.4, 0.5) is 0 Å². The smallest absolute Gasteiger partial charge is 0.261 e. The number of nitrogens with zero attached hydrogens (tertiary/aromatic N) is 1. The molecule has 4 nitrogen and oxygen atoms in total. The minimum Gasteiger partial charge on any atom is -0.469 e. The summed E-state index contributed by atoms with van der Waals surface area (Å²) in [7, 11) is 0. The van der Waals surface area contributed by atoms with Gasteiger partial charge in [0, 0.05) is 13.0 Å². The SMILES string of the molecule is O=C1c2ccccc2C(=O)N1CCCCCc1ccco1. The van der Waals surface area contributed by atoms with Crippen molar-refractivity contribution in [2.45, 2.75) is 25.7 Å². The number of imide groups is 1. The first-order valence-electron chi connectivity index (χ1n) is 7.25. The van der Waals surface area contributed by atoms with Gasteiger partial charge >= 0.3 is 0 Å². The predicted octanol–water partition coefficient (Wildman–Crippen LogP) is 3.29. The number of carbonyl (C=O) groups is 2. The topological polar surface area (TPSA) is 50.5 Å². The molecule has 0 radical (unpaired) electrons. The van der Waals surface area contributed by atoms with Crippen molar-refractivity contribution in [1.29, 1.82) is 0 Å². The minimum atomic E-state index is -0.165. The monoisotopic (exact) mass is 283 g/mol. The molecule has 0 bridgehead atoms. The summed E-state index contributed by atoms with van der Waals surface area (Å²) in [5.74, 6) is 0.652. The quantitative estimate of drug-likeness (QED) is 0.604. The van der Waals surface area contributed by atoms with Gasteiger partial charge in [-0.25, -0.2) is 0 Å². The number of carbonyl (C=O) groups excluding carboxylic acids is 2. The zero-order chi connectivity index (χ0) is 14.7. The highest BCUT2D eigenvalue weighted by molar-refractivity contribution is 6.21. The van der Waals surface area contributed by atoms with Crippen LogP contribution in [0.3, 0.4) is 0 Å². The maximum atomic E-state index is 12.1. The van der Waals surface area contributed by atoms with Crippen LogP contribution in [0.15, 0.2) is 47.1 Å². The molecule has 0 unspecified atom stereocenters. The zero-order valence-electron chi connectivity index (χ0n) is 11.7. The first-order chi connectivity index (χ1) is 10.3. The van der Waals surface area contributed by atoms with Crippen molar-refractivity contribution in [1.82, 2.24) is 4.90 Å². The average molecular weight is 283 g/mol. The first kappa shape index (κ1) is 13.6. The largest absolute Gasteiger partial charge is 0.469 e. The summed E-state index contributed by atoms with van der Waals surface area (Å²) in [6.07, 6.45) is 5.36. The summed E-state index contributed by atoms with van der Waals surface area (Å²) in [6, 6.07) is 10.9. The third-order valence-electron chi connectivity index (χ3n) is 3.76. The van der Waals surface area contributed by atoms with Crippen molar-refractivity contribution >= 4 is 11.8 Å². The fourth-order valence-electron chi connectivity index (χ4n) is 2.64. The number of fused-ring (bicyclic) bond motifs is 1. The molecule has 2 heterocycles. The molecular formula is C17H17NO3. The number of amides is 2. The summed E-state index contributed by atoms with van der Waals surface area (Å²) in [4.78, 5) is 25.7. The summed E-state index contributed by atoms with van der Waals surface area (Å²) in [5, 5.41) is 0. The van der Waals surface area contributed by atoms with Crippen molar-refractivity contribution in [2.75, 3.05) is 6.54 Å². The summed E-state index contributed by atoms with van der Waals surface area (Å²) in [5.41, 5.74) is 1.05. The summed E-state index contributed by atoms with van der Waals surface area (Å²) >= 11 is 0. The highest BCUT2D eigenvalue weighted by Crippen LogP contribution is 2.22. The van der Waals surface area contributed by atoms with Crippen LogP contribution in [0.2, 0.25) is 0 Å². The van der Waals surface area contributed by atoms with Gasteiger partial charge in [-0.1, -0.05) is 18.6 Å². The Balaban J connectivity index is 1.48. The lowest BCUT2D eigenvalue weighted by atomic mass is 10.1. The second-order valence-corrected chi connectivity index (χ2v) is 5.20. The first-order valence-corrected chi connectivity index (χ1v) is 7.25. The Morgan fingerprint density at radius 1 is 0.857 bits per heavy atom. The summed E-state index contributed by atoms with van der Waals surface area (Å²) in [6.45, 7) is 0.491. The van der Waals surface area contributed by atoms with Gasteiger partial charge in [0.25, 0.3) is 11.8 Å². The van der Waals surface area contributed by atoms with E-state index in [0.717, 1.165) is 31.4 Å². The molecule has 108 valence electrons. The lowest BCUT2D eigenvalue weighted by Gasteiger charge is -2.13. The van der Waals surface area contributed by atoms with Crippen LogP contribution < -0.4 is 0 Å². The van der Waals surface area contributed by atoms with E-state index in [9.17, 15) is 9.59 Å². The molecule has 3 rings (SSSR count). The molecule has 0 spiro atoms. The van der Waals surface area contributed by atoms with E-state index in [1.165, 1.54) is 4.90 Å². The highest BCUT2D eigenvalue weighted by Gasteiger charge is 2.34. The molecule has 0 atom stereocenters. The Morgan fingerprint density at radius 3 is 2.19 bits per heavy atom. The van der Waals surface area contributed by atoms with Crippen LogP contribution in [0.1, 0.15) is 45.7 Å². The molecule has 0 N–H and O–H groups in total. The summed E-state index contributed by atoms with van der Waals surface area (Å²) < 4.78 is 5.27. The third-order valence-corrected chi connectivity index (χ3v) is 3.76. The third kappa shape index (κ3) is 2.75. The van der Waals surface area contributed by atoms with E-state index in [-0.39, 0.29) is 11.8 Å². The number of hydrogen-bond acceptors (Lipinski definition) is 3. The maximum absolute atomic E-state index is 12.1. The molecule has 4 heteroatoms. The lowest BCUT2D eigenvalue weighted by molar-refractivity contribution is 0.0651. The normalized spacial score (nSPS) is 13.8. The van der Waals surface area contributed by atoms with Crippen molar-refractivity contribution in [3.8, 4) is 0 Å². The van der Waals surface area contributed by atoms with Crippen LogP contribution in [0, 0.1) is 0 Å². The number of aryl methyl sites for hydroxylation is 1. The highest BCUT2D eigenvalue weighted by atomic mass is 16.3. The van der Waals surface area contributed by atoms with Gasteiger partial charge in [-0.05, 0) is 37.1 Å². The van der Waals surface area contributed by atoms with Gasteiger partial charge in [-0.2, -0.15) is 0 Å². The van der Waals surface area contributed by atoms with E-state index in [2.05, 4.69) is 0 Å². The Bertz CT molecular complexity index is 611. The van der Waals surface area contributed by atoms with Gasteiger partial charge < -0.3 is 4.42 Å². The second-order valence-electron chi connectivity index (χ2n) is 5.20. The van der Waals surface area contributed by atoms with E-state index in [1.807, 2.05) is 12.1 Å². The molecular weight excluding hydrogens is 266 g/mol. The molecule has 1 aliphatic heterocycles. The zero-order valence-corrected chi connectivity index (χ0v) is 11.7. The number of hydrogen-bond donors (Lipinski definition) is 0. The molecule has 1 aliphatic rings. The Labute approximate surface area is 123 Å². The Kier molecular flexibility index (Phi) is 3.86. The molecule has 21 heavy (non-hydrogen) atoms. The number of rotatable bonds is 6. The fraction of sp³-hybridized carbons (Fsp3) is 0.294. The van der Waals surface area contributed by atoms with E-state index >= 15 is 0 Å². The average Bonchev–Trinajstić information content (AvgIpc) is 3.10. The van der Waals surface area contributed by atoms with Crippen molar-refractivity contribution in [3.05, 3.63) is 59.5 Å². The molecule has 0 saturated heterocycles. The van der Waals surface area contributed by atoms with Crippen LogP contribution >= 0.6 is 0 Å². The van der Waals surface area contributed by atoms with Gasteiger partial charge in [0.2, 0.25) is 0 Å². The Morgan fingerprint density at radius 2 is 1.57 bits per heavy atom. The number of unbranched alkanes of at least 4 members (excludes halogenated alkanes) is 2. The Hall–Kier alpha value is -2.36. The molecule has 1 aromatic carbocycles. The van der Waals surface area contributed by atoms with Crippen molar-refractivity contribution < 1.29 is 14.0 Å². The minimum absolute atomic E-state index is 0.165. The molecule has 0 fully saturated rings. The van der Waals surface area contributed by atoms with E-state index in [4.69, 9.17) is 4.42 Å². The van der Waals surface area contributed by atoms with Gasteiger partial charge in [0.05, 0.1) is 17.4 Å². The molecule has 0 saturated carbocycles. The van der Waals surface area contributed by atoms with E-state index in [0.29, 0.717) is 17.7 Å². The standard InChI is InChI=1S/C17H17NO3/c19-16-14-9-3-4-10-15(14)17(20)18(16)11-5-1-2-7-13-8-6-12-21-13/h3-4,6,8-10,12H,1-2,5,7,11H2. The van der Waals surface area contributed by atoms with Crippen LogP contribution in [-0.2, 0) is 6.42 Å². The molecule has 2 aromatic rings. The van der Waals surface area contributed by atoms with Crippen LogP contribution in [0.25, 0.3) is 0 Å². The molecule has 0 aliphatic carbocycles. The lowest BCUT2D eigenvalue weighted by Crippen LogP contribution is -2.30. The fourth-order valence-corrected chi connectivity index (χ4v) is 2.64. The van der Waals surface area contributed by atoms with Gasteiger partial charge in [-0.15, -0.1) is 0 Å². The van der Waals surface area contributed by atoms with Crippen molar-refractivity contribution in [3.63, 3.8) is 0 Å². The van der Waals surface area contributed by atoms with Gasteiger partial charge in [0.1, 0.15) is 5.76 Å². The second kappa shape index (κ2) is 5.95. The number of benzene rings is 1. The van der Waals surface area contributed by atoms with Gasteiger partial charge in [0.15, 0.2) is 0 Å². The van der Waals surface area contributed by atoms with E-state index in [1.54, 1.807) is 30.5 Å². The number of furan rings is 1. The molecule has 2 amide bonds.